The van der Waals surface area contributed by atoms with Crippen molar-refractivity contribution >= 4 is 34.3 Å². The van der Waals surface area contributed by atoms with Crippen molar-refractivity contribution in [3.05, 3.63) is 0 Å². The Hall–Kier alpha value is -0.130. The van der Waals surface area contributed by atoms with Gasteiger partial charge in [-0.1, -0.05) is 50.3 Å². The van der Waals surface area contributed by atoms with Crippen molar-refractivity contribution in [2.24, 2.45) is 10.8 Å². The third-order valence-corrected chi connectivity index (χ3v) is 4.09. The Kier molecular flexibility index (Phi) is 6.82. The summed E-state index contributed by atoms with van der Waals surface area (Å²) in [5.41, 5.74) is -1.01. The minimum Gasteiger partial charge on any atom is -0.481 e. The summed E-state index contributed by atoms with van der Waals surface area (Å²) < 4.78 is 0.854. The summed E-state index contributed by atoms with van der Waals surface area (Å²) >= 11 is 2.41. The molecular formula is C14H25IO3. The first-order chi connectivity index (χ1) is 8.02. The molecule has 1 aliphatic carbocycles. The lowest BCUT2D eigenvalue weighted by atomic mass is 9.64. The second-order valence-corrected chi connectivity index (χ2v) is 8.41. The van der Waals surface area contributed by atoms with Crippen LogP contribution in [0.4, 0.5) is 0 Å². The molecular weight excluding hydrogens is 343 g/mol. The van der Waals surface area contributed by atoms with E-state index in [1.54, 1.807) is 6.92 Å². The van der Waals surface area contributed by atoms with Crippen molar-refractivity contribution in [3.63, 3.8) is 0 Å². The number of carboxylic acids is 1. The molecule has 1 fully saturated rings. The van der Waals surface area contributed by atoms with Crippen LogP contribution < -0.4 is 0 Å². The van der Waals surface area contributed by atoms with E-state index in [4.69, 9.17) is 5.11 Å². The van der Waals surface area contributed by atoms with Crippen molar-refractivity contribution in [2.75, 3.05) is 0 Å². The third kappa shape index (κ3) is 6.16. The van der Waals surface area contributed by atoms with E-state index in [1.165, 1.54) is 6.42 Å². The van der Waals surface area contributed by atoms with E-state index in [0.29, 0.717) is 12.8 Å². The highest BCUT2D eigenvalue weighted by Crippen LogP contribution is 2.44. The Morgan fingerprint density at radius 2 is 1.83 bits per heavy atom. The number of carboxylic acid groups (broad SMARTS) is 1. The molecule has 18 heavy (non-hydrogen) atoms. The number of carbonyl (C=O) groups is 2. The lowest BCUT2D eigenvalue weighted by molar-refractivity contribution is -0.155. The van der Waals surface area contributed by atoms with Gasteiger partial charge in [0.1, 0.15) is 5.78 Å². The van der Waals surface area contributed by atoms with Crippen molar-refractivity contribution in [1.82, 2.24) is 0 Å². The molecule has 4 heteroatoms. The van der Waals surface area contributed by atoms with Gasteiger partial charge < -0.3 is 5.11 Å². The lowest BCUT2D eigenvalue weighted by Crippen LogP contribution is -2.41. The van der Waals surface area contributed by atoms with Gasteiger partial charge in [0.15, 0.2) is 0 Å². The second-order valence-electron chi connectivity index (χ2n) is 6.29. The van der Waals surface area contributed by atoms with Gasteiger partial charge in [-0.2, -0.15) is 0 Å². The maximum Gasteiger partial charge on any atom is 0.309 e. The minimum atomic E-state index is -0.853. The summed E-state index contributed by atoms with van der Waals surface area (Å²) in [6, 6.07) is 0. The Bertz CT molecular complexity index is 310. The Labute approximate surface area is 124 Å². The average Bonchev–Trinajstić information content (AvgIpc) is 2.14. The zero-order chi connectivity index (χ0) is 14.6. The Balaban J connectivity index is 0.000000494. The van der Waals surface area contributed by atoms with Gasteiger partial charge in [-0.05, 0) is 25.2 Å². The van der Waals surface area contributed by atoms with Crippen LogP contribution in [0, 0.1) is 10.8 Å². The lowest BCUT2D eigenvalue weighted by Gasteiger charge is -2.38. The van der Waals surface area contributed by atoms with Crippen LogP contribution in [0.3, 0.4) is 0 Å². The number of alkyl halides is 1. The summed E-state index contributed by atoms with van der Waals surface area (Å²) in [4.78, 5) is 22.3. The summed E-state index contributed by atoms with van der Waals surface area (Å²) in [6.45, 7) is 9.96. The number of Topliss-reactive ketones (excluding diaryl/α,β-unsaturated/α-hetero) is 1. The van der Waals surface area contributed by atoms with Crippen molar-refractivity contribution in [1.29, 1.82) is 0 Å². The monoisotopic (exact) mass is 368 g/mol. The van der Waals surface area contributed by atoms with Crippen LogP contribution in [0.25, 0.3) is 0 Å². The van der Waals surface area contributed by atoms with E-state index in [2.05, 4.69) is 36.4 Å². The quantitative estimate of drug-likeness (QED) is 0.590. The van der Waals surface area contributed by atoms with E-state index in [9.17, 15) is 9.59 Å². The first-order valence-corrected chi connectivity index (χ1v) is 7.66. The molecule has 1 rings (SSSR count). The maximum atomic E-state index is 11.3. The van der Waals surface area contributed by atoms with Crippen molar-refractivity contribution < 1.29 is 14.7 Å². The van der Waals surface area contributed by atoms with Gasteiger partial charge >= 0.3 is 5.97 Å². The molecule has 0 aromatic carbocycles. The predicted molar refractivity (Wildman–Crippen MR) is 82.2 cm³/mol. The minimum absolute atomic E-state index is 0.0705. The highest BCUT2D eigenvalue weighted by Gasteiger charge is 2.45. The molecule has 1 N–H and O–H groups in total. The standard InChI is InChI=1S/C10H16O3.C4H9I/c1-9(2)4-7(11)5-10(3,6-9)8(12)13;1-3-4(2)5/h4-6H2,1-3H3,(H,12,13);4H,3H2,1-2H3. The number of ketones is 1. The maximum absolute atomic E-state index is 11.3. The van der Waals surface area contributed by atoms with E-state index < -0.39 is 11.4 Å². The Morgan fingerprint density at radius 3 is 2.11 bits per heavy atom. The molecule has 0 radical (unpaired) electrons. The second kappa shape index (κ2) is 6.87. The molecule has 0 aliphatic heterocycles. The molecule has 0 aromatic heterocycles. The molecule has 3 nitrogen and oxygen atoms in total. The van der Waals surface area contributed by atoms with E-state index in [1.807, 2.05) is 13.8 Å². The van der Waals surface area contributed by atoms with Crippen LogP contribution in [0.5, 0.6) is 0 Å². The Morgan fingerprint density at radius 1 is 1.39 bits per heavy atom. The highest BCUT2D eigenvalue weighted by molar-refractivity contribution is 14.1. The average molecular weight is 368 g/mol. The zero-order valence-electron chi connectivity index (χ0n) is 12.0. The van der Waals surface area contributed by atoms with Gasteiger partial charge in [0.25, 0.3) is 0 Å². The molecule has 0 bridgehead atoms. The van der Waals surface area contributed by atoms with E-state index in [-0.39, 0.29) is 17.6 Å². The molecule has 0 amide bonds. The molecule has 2 unspecified atom stereocenters. The van der Waals surface area contributed by atoms with Gasteiger partial charge in [0.2, 0.25) is 0 Å². The summed E-state index contributed by atoms with van der Waals surface area (Å²) in [6.07, 6.45) is 2.57. The number of aliphatic carboxylic acids is 1. The molecule has 0 heterocycles. The topological polar surface area (TPSA) is 54.4 Å². The molecule has 2 atom stereocenters. The molecule has 0 saturated heterocycles. The van der Waals surface area contributed by atoms with Gasteiger partial charge in [-0.15, -0.1) is 0 Å². The van der Waals surface area contributed by atoms with Crippen molar-refractivity contribution in [3.8, 4) is 0 Å². The SMILES string of the molecule is CC1(C)CC(=O)CC(C)(C(=O)O)C1.CCC(C)I. The number of rotatable bonds is 2. The van der Waals surface area contributed by atoms with Crippen LogP contribution in [-0.2, 0) is 9.59 Å². The summed E-state index contributed by atoms with van der Waals surface area (Å²) in [7, 11) is 0. The van der Waals surface area contributed by atoms with Gasteiger partial charge in [0.05, 0.1) is 5.41 Å². The van der Waals surface area contributed by atoms with Crippen LogP contribution >= 0.6 is 22.6 Å². The first-order valence-electron chi connectivity index (χ1n) is 6.41. The predicted octanol–water partition coefficient (Wildman–Crippen LogP) is 4.08. The zero-order valence-corrected chi connectivity index (χ0v) is 14.2. The molecule has 0 spiro atoms. The van der Waals surface area contributed by atoms with Crippen LogP contribution in [0.1, 0.15) is 60.3 Å². The molecule has 106 valence electrons. The van der Waals surface area contributed by atoms with Gasteiger partial charge in [-0.3, -0.25) is 9.59 Å². The number of hydrogen-bond acceptors (Lipinski definition) is 2. The number of halogens is 1. The van der Waals surface area contributed by atoms with E-state index in [0.717, 1.165) is 3.92 Å². The summed E-state index contributed by atoms with van der Waals surface area (Å²) in [5, 5.41) is 9.00. The normalized spacial score (nSPS) is 28.0. The van der Waals surface area contributed by atoms with Crippen LogP contribution in [0.15, 0.2) is 0 Å². The van der Waals surface area contributed by atoms with Gasteiger partial charge in [-0.25, -0.2) is 0 Å². The third-order valence-electron chi connectivity index (χ3n) is 3.21. The fourth-order valence-electron chi connectivity index (χ4n) is 2.36. The first kappa shape index (κ1) is 17.9. The smallest absolute Gasteiger partial charge is 0.309 e. The van der Waals surface area contributed by atoms with E-state index >= 15 is 0 Å². The van der Waals surface area contributed by atoms with Crippen molar-refractivity contribution in [2.45, 2.75) is 64.2 Å². The number of hydrogen-bond donors (Lipinski definition) is 1. The number of carbonyl (C=O) groups excluding carboxylic acids is 1. The summed E-state index contributed by atoms with van der Waals surface area (Å²) in [5.74, 6) is -0.783. The fraction of sp³-hybridized carbons (Fsp3) is 0.857. The fourth-order valence-corrected chi connectivity index (χ4v) is 2.36. The molecule has 0 aromatic rings. The van der Waals surface area contributed by atoms with Crippen LogP contribution in [-0.4, -0.2) is 20.8 Å². The molecule has 1 aliphatic rings. The highest BCUT2D eigenvalue weighted by atomic mass is 127. The van der Waals surface area contributed by atoms with Crippen LogP contribution in [0.2, 0.25) is 0 Å². The largest absolute Gasteiger partial charge is 0.481 e. The molecule has 1 saturated carbocycles. The van der Waals surface area contributed by atoms with Gasteiger partial charge in [0, 0.05) is 16.8 Å².